The van der Waals surface area contributed by atoms with Crippen LogP contribution in [-0.2, 0) is 14.8 Å². The summed E-state index contributed by atoms with van der Waals surface area (Å²) in [5.74, 6) is -0.643. The molecule has 2 aromatic carbocycles. The normalized spacial score (nSPS) is 15.9. The van der Waals surface area contributed by atoms with Crippen molar-refractivity contribution in [2.45, 2.75) is 4.90 Å². The van der Waals surface area contributed by atoms with Gasteiger partial charge < -0.3 is 4.90 Å². The summed E-state index contributed by atoms with van der Waals surface area (Å²) < 4.78 is 40.1. The third-order valence-electron chi connectivity index (χ3n) is 4.33. The first-order valence-electron chi connectivity index (χ1n) is 8.45. The van der Waals surface area contributed by atoms with E-state index in [9.17, 15) is 17.6 Å². The molecule has 0 unspecified atom stereocenters. The predicted molar refractivity (Wildman–Crippen MR) is 107 cm³/mol. The van der Waals surface area contributed by atoms with E-state index in [-0.39, 0.29) is 52.8 Å². The van der Waals surface area contributed by atoms with Crippen LogP contribution in [0.4, 0.5) is 4.39 Å². The number of carbonyl (C=O) groups is 1. The zero-order valence-corrected chi connectivity index (χ0v) is 17.0. The highest BCUT2D eigenvalue weighted by Crippen LogP contribution is 2.28. The van der Waals surface area contributed by atoms with Crippen molar-refractivity contribution in [2.75, 3.05) is 26.2 Å². The van der Waals surface area contributed by atoms with E-state index in [1.807, 2.05) is 0 Å². The molecule has 28 heavy (non-hydrogen) atoms. The highest BCUT2D eigenvalue weighted by atomic mass is 35.5. The van der Waals surface area contributed by atoms with E-state index in [0.29, 0.717) is 5.56 Å². The smallest absolute Gasteiger partial charge is 0.246 e. The van der Waals surface area contributed by atoms with Gasteiger partial charge in [0.25, 0.3) is 0 Å². The van der Waals surface area contributed by atoms with Gasteiger partial charge in [-0.1, -0.05) is 35.3 Å². The first kappa shape index (κ1) is 20.8. The lowest BCUT2D eigenvalue weighted by molar-refractivity contribution is -0.127. The minimum Gasteiger partial charge on any atom is -0.337 e. The molecule has 3 rings (SSSR count). The number of sulfonamides is 1. The Hall–Kier alpha value is -1.93. The van der Waals surface area contributed by atoms with Crippen LogP contribution in [0.3, 0.4) is 0 Å². The summed E-state index contributed by atoms with van der Waals surface area (Å²) in [6.07, 6.45) is 2.88. The number of hydrogen-bond donors (Lipinski definition) is 0. The van der Waals surface area contributed by atoms with E-state index in [1.54, 1.807) is 17.0 Å². The molecular formula is C19H17Cl2FN2O3S. The molecule has 0 spiro atoms. The second kappa shape index (κ2) is 8.61. The standard InChI is InChI=1S/C19H17Cl2FN2O3S/c20-15-5-6-17(21)18(13-15)28(26,27)24-10-8-23(9-11-24)19(25)7-4-14-2-1-3-16(22)12-14/h1-7,12-13H,8-11H2. The highest BCUT2D eigenvalue weighted by molar-refractivity contribution is 7.89. The van der Waals surface area contributed by atoms with Crippen molar-refractivity contribution in [3.05, 3.63) is 70.0 Å². The number of nitrogens with zero attached hydrogens (tertiary/aromatic N) is 2. The van der Waals surface area contributed by atoms with Crippen LogP contribution in [0.15, 0.2) is 53.4 Å². The minimum atomic E-state index is -3.81. The van der Waals surface area contributed by atoms with Crippen LogP contribution in [0.25, 0.3) is 6.08 Å². The molecule has 1 aliphatic heterocycles. The van der Waals surface area contributed by atoms with Gasteiger partial charge >= 0.3 is 0 Å². The third-order valence-corrected chi connectivity index (χ3v) is 6.94. The summed E-state index contributed by atoms with van der Waals surface area (Å²) in [4.78, 5) is 13.8. The topological polar surface area (TPSA) is 57.7 Å². The van der Waals surface area contributed by atoms with Crippen LogP contribution < -0.4 is 0 Å². The quantitative estimate of drug-likeness (QED) is 0.678. The first-order valence-corrected chi connectivity index (χ1v) is 10.6. The van der Waals surface area contributed by atoms with Gasteiger partial charge in [0.05, 0.1) is 5.02 Å². The molecule has 0 bridgehead atoms. The van der Waals surface area contributed by atoms with E-state index >= 15 is 0 Å². The van der Waals surface area contributed by atoms with Gasteiger partial charge in [-0.15, -0.1) is 0 Å². The Morgan fingerprint density at radius 3 is 2.43 bits per heavy atom. The lowest BCUT2D eigenvalue weighted by Gasteiger charge is -2.33. The van der Waals surface area contributed by atoms with E-state index in [2.05, 4.69) is 0 Å². The number of halogens is 3. The van der Waals surface area contributed by atoms with E-state index in [0.717, 1.165) is 0 Å². The monoisotopic (exact) mass is 442 g/mol. The minimum absolute atomic E-state index is 0.0487. The molecule has 1 aliphatic rings. The van der Waals surface area contributed by atoms with Gasteiger partial charge in [-0.05, 0) is 42.0 Å². The summed E-state index contributed by atoms with van der Waals surface area (Å²) in [7, 11) is -3.81. The second-order valence-electron chi connectivity index (χ2n) is 6.19. The highest BCUT2D eigenvalue weighted by Gasteiger charge is 2.31. The zero-order valence-electron chi connectivity index (χ0n) is 14.7. The van der Waals surface area contributed by atoms with E-state index in [4.69, 9.17) is 23.2 Å². The van der Waals surface area contributed by atoms with Gasteiger partial charge in [0, 0.05) is 37.3 Å². The largest absolute Gasteiger partial charge is 0.337 e. The number of hydrogen-bond acceptors (Lipinski definition) is 3. The summed E-state index contributed by atoms with van der Waals surface area (Å²) in [6.45, 7) is 0.767. The van der Waals surface area contributed by atoms with Gasteiger partial charge in [-0.2, -0.15) is 4.31 Å². The van der Waals surface area contributed by atoms with Crippen molar-refractivity contribution in [1.29, 1.82) is 0 Å². The van der Waals surface area contributed by atoms with Crippen LogP contribution >= 0.6 is 23.2 Å². The number of rotatable bonds is 4. The Morgan fingerprint density at radius 1 is 1.04 bits per heavy atom. The second-order valence-corrected chi connectivity index (χ2v) is 8.94. The van der Waals surface area contributed by atoms with Crippen molar-refractivity contribution in [1.82, 2.24) is 9.21 Å². The molecular weight excluding hydrogens is 426 g/mol. The Morgan fingerprint density at radius 2 is 1.75 bits per heavy atom. The molecule has 0 atom stereocenters. The molecule has 9 heteroatoms. The van der Waals surface area contributed by atoms with Crippen LogP contribution in [0.1, 0.15) is 5.56 Å². The lowest BCUT2D eigenvalue weighted by Crippen LogP contribution is -2.50. The fourth-order valence-corrected chi connectivity index (χ4v) is 5.01. The van der Waals surface area contributed by atoms with Crippen molar-refractivity contribution in [3.63, 3.8) is 0 Å². The van der Waals surface area contributed by atoms with Crippen molar-refractivity contribution in [3.8, 4) is 0 Å². The fourth-order valence-electron chi connectivity index (χ4n) is 2.85. The molecule has 0 aromatic heterocycles. The average molecular weight is 443 g/mol. The van der Waals surface area contributed by atoms with Gasteiger partial charge in [0.15, 0.2) is 0 Å². The molecule has 148 valence electrons. The summed E-state index contributed by atoms with van der Waals surface area (Å²) in [5, 5.41) is 0.375. The molecule has 1 saturated heterocycles. The van der Waals surface area contributed by atoms with Gasteiger partial charge in [0.1, 0.15) is 10.7 Å². The van der Waals surface area contributed by atoms with Crippen LogP contribution in [0.2, 0.25) is 10.0 Å². The molecule has 2 aromatic rings. The number of carbonyl (C=O) groups excluding carboxylic acids is 1. The Labute approximate surface area is 173 Å². The van der Waals surface area contributed by atoms with Gasteiger partial charge in [-0.3, -0.25) is 4.79 Å². The molecule has 1 heterocycles. The lowest BCUT2D eigenvalue weighted by atomic mass is 10.2. The molecule has 0 aliphatic carbocycles. The number of piperazine rings is 1. The predicted octanol–water partition coefficient (Wildman–Crippen LogP) is 3.68. The molecule has 1 fully saturated rings. The molecule has 1 amide bonds. The number of amides is 1. The first-order chi connectivity index (χ1) is 13.3. The van der Waals surface area contributed by atoms with Crippen molar-refractivity contribution >= 4 is 45.2 Å². The maximum absolute atomic E-state index is 13.2. The van der Waals surface area contributed by atoms with Gasteiger partial charge in [-0.25, -0.2) is 12.8 Å². The van der Waals surface area contributed by atoms with Gasteiger partial charge in [0.2, 0.25) is 15.9 Å². The fraction of sp³-hybridized carbons (Fsp3) is 0.211. The zero-order chi connectivity index (χ0) is 20.3. The Balaban J connectivity index is 1.65. The third kappa shape index (κ3) is 4.72. The van der Waals surface area contributed by atoms with Crippen LogP contribution in [0, 0.1) is 5.82 Å². The Bertz CT molecular complexity index is 1020. The summed E-state index contributed by atoms with van der Waals surface area (Å²) in [5.41, 5.74) is 0.574. The van der Waals surface area contributed by atoms with E-state index in [1.165, 1.54) is 46.8 Å². The van der Waals surface area contributed by atoms with Crippen molar-refractivity contribution in [2.24, 2.45) is 0 Å². The molecule has 0 saturated carbocycles. The van der Waals surface area contributed by atoms with Crippen LogP contribution in [0.5, 0.6) is 0 Å². The summed E-state index contributed by atoms with van der Waals surface area (Å²) >= 11 is 11.9. The maximum Gasteiger partial charge on any atom is 0.246 e. The maximum atomic E-state index is 13.2. The van der Waals surface area contributed by atoms with Crippen molar-refractivity contribution < 1.29 is 17.6 Å². The molecule has 0 radical (unpaired) electrons. The Kier molecular flexibility index (Phi) is 6.40. The van der Waals surface area contributed by atoms with E-state index < -0.39 is 10.0 Å². The average Bonchev–Trinajstić information content (AvgIpc) is 2.68. The molecule has 0 N–H and O–H groups in total. The van der Waals surface area contributed by atoms with Crippen LogP contribution in [-0.4, -0.2) is 49.7 Å². The summed E-state index contributed by atoms with van der Waals surface area (Å²) in [6, 6.07) is 10.2. The molecule has 5 nitrogen and oxygen atoms in total. The number of benzene rings is 2. The SMILES string of the molecule is O=C(C=Cc1cccc(F)c1)N1CCN(S(=O)(=O)c2cc(Cl)ccc2Cl)CC1.